The molecule has 4 rings (SSSR count). The van der Waals surface area contributed by atoms with Crippen LogP contribution in [-0.2, 0) is 14.8 Å². The molecule has 0 fully saturated rings. The van der Waals surface area contributed by atoms with Gasteiger partial charge in [-0.05, 0) is 73.5 Å². The first-order chi connectivity index (χ1) is 17.2. The number of halogens is 1. The van der Waals surface area contributed by atoms with E-state index in [-0.39, 0.29) is 24.6 Å². The topological polar surface area (TPSA) is 94.2 Å². The lowest BCUT2D eigenvalue weighted by Crippen LogP contribution is -2.51. The molecule has 3 aromatic rings. The van der Waals surface area contributed by atoms with Gasteiger partial charge in [-0.25, -0.2) is 8.42 Å². The minimum Gasteiger partial charge on any atom is -0.497 e. The predicted octanol–water partition coefficient (Wildman–Crippen LogP) is 4.12. The van der Waals surface area contributed by atoms with E-state index in [0.29, 0.717) is 28.0 Å². The molecule has 0 aliphatic carbocycles. The number of methoxy groups -OCH3 is 1. The van der Waals surface area contributed by atoms with Crippen molar-refractivity contribution < 1.29 is 27.4 Å². The lowest BCUT2D eigenvalue weighted by molar-refractivity contribution is -0.127. The molecule has 190 valence electrons. The molecule has 1 N–H and O–H groups in total. The second-order valence-electron chi connectivity index (χ2n) is 8.34. The molecule has 3 aromatic carbocycles. The lowest BCUT2D eigenvalue weighted by atomic mass is 10.1. The van der Waals surface area contributed by atoms with Gasteiger partial charge in [0, 0.05) is 5.02 Å². The number of carbonyl (C=O) groups is 1. The first-order valence-corrected chi connectivity index (χ1v) is 13.1. The van der Waals surface area contributed by atoms with Crippen LogP contribution in [0.5, 0.6) is 17.2 Å². The van der Waals surface area contributed by atoms with Gasteiger partial charge in [-0.3, -0.25) is 9.10 Å². The van der Waals surface area contributed by atoms with Gasteiger partial charge in [0.1, 0.15) is 23.9 Å². The molecule has 1 atom stereocenters. The number of rotatable bonds is 8. The zero-order chi connectivity index (χ0) is 25.9. The molecule has 36 heavy (non-hydrogen) atoms. The Morgan fingerprint density at radius 3 is 2.50 bits per heavy atom. The summed E-state index contributed by atoms with van der Waals surface area (Å²) >= 11 is 6.11. The van der Waals surface area contributed by atoms with Gasteiger partial charge in [-0.2, -0.15) is 0 Å². The van der Waals surface area contributed by atoms with E-state index in [1.807, 2.05) is 19.9 Å². The standard InChI is InChI=1S/C26H27ClN2O6S/c1-17-4-11-24-23(14-17)29(36(31,32)21-9-7-19(33-3)8-10-21)16-25(35-24)26(30)28-12-13-34-20-6-5-18(2)22(27)15-20/h4-11,14-15,25H,12-13,16H2,1-3H3,(H,28,30)/t25-/m0/s1. The Labute approximate surface area is 215 Å². The van der Waals surface area contributed by atoms with Gasteiger partial charge < -0.3 is 19.5 Å². The number of ether oxygens (including phenoxy) is 3. The smallest absolute Gasteiger partial charge is 0.264 e. The van der Waals surface area contributed by atoms with Crippen molar-refractivity contribution in [3.05, 3.63) is 76.8 Å². The predicted molar refractivity (Wildman–Crippen MR) is 138 cm³/mol. The van der Waals surface area contributed by atoms with E-state index in [9.17, 15) is 13.2 Å². The molecule has 0 unspecified atom stereocenters. The Hall–Kier alpha value is -3.43. The van der Waals surface area contributed by atoms with Crippen LogP contribution in [0, 0.1) is 13.8 Å². The third-order valence-corrected chi connectivity index (χ3v) is 7.94. The van der Waals surface area contributed by atoms with E-state index in [1.54, 1.807) is 42.5 Å². The molecule has 0 aromatic heterocycles. The fourth-order valence-electron chi connectivity index (χ4n) is 3.72. The molecule has 1 aliphatic heterocycles. The summed E-state index contributed by atoms with van der Waals surface area (Å²) in [5, 5.41) is 3.35. The molecule has 0 saturated heterocycles. The summed E-state index contributed by atoms with van der Waals surface area (Å²) in [6.45, 7) is 4.00. The molecular formula is C26H27ClN2O6S. The van der Waals surface area contributed by atoms with Crippen LogP contribution in [0.15, 0.2) is 65.6 Å². The molecular weight excluding hydrogens is 504 g/mol. The number of nitrogens with one attached hydrogen (secondary N) is 1. The van der Waals surface area contributed by atoms with Gasteiger partial charge in [-0.15, -0.1) is 0 Å². The highest BCUT2D eigenvalue weighted by atomic mass is 35.5. The lowest BCUT2D eigenvalue weighted by Gasteiger charge is -2.35. The van der Waals surface area contributed by atoms with Crippen molar-refractivity contribution in [3.63, 3.8) is 0 Å². The van der Waals surface area contributed by atoms with E-state index in [2.05, 4.69) is 5.32 Å². The van der Waals surface area contributed by atoms with Crippen LogP contribution in [0.3, 0.4) is 0 Å². The van der Waals surface area contributed by atoms with Crippen molar-refractivity contribution in [2.75, 3.05) is 31.1 Å². The summed E-state index contributed by atoms with van der Waals surface area (Å²) in [6.07, 6.45) is -1.04. The van der Waals surface area contributed by atoms with Gasteiger partial charge in [0.2, 0.25) is 0 Å². The Balaban J connectivity index is 1.48. The molecule has 0 radical (unpaired) electrons. The Bertz CT molecular complexity index is 1360. The highest BCUT2D eigenvalue weighted by molar-refractivity contribution is 7.92. The number of sulfonamides is 1. The molecule has 10 heteroatoms. The van der Waals surface area contributed by atoms with Crippen LogP contribution in [0.2, 0.25) is 5.02 Å². The molecule has 1 amide bonds. The Morgan fingerprint density at radius 1 is 1.08 bits per heavy atom. The maximum Gasteiger partial charge on any atom is 0.264 e. The van der Waals surface area contributed by atoms with Crippen molar-refractivity contribution in [2.24, 2.45) is 0 Å². The SMILES string of the molecule is COc1ccc(S(=O)(=O)N2C[C@@H](C(=O)NCCOc3ccc(C)c(Cl)c3)Oc3ccc(C)cc32)cc1. The van der Waals surface area contributed by atoms with Crippen molar-refractivity contribution in [2.45, 2.75) is 24.8 Å². The Morgan fingerprint density at radius 2 is 1.81 bits per heavy atom. The van der Waals surface area contributed by atoms with Gasteiger partial charge in [0.05, 0.1) is 30.8 Å². The number of aryl methyl sites for hydroxylation is 2. The average molecular weight is 531 g/mol. The van der Waals surface area contributed by atoms with E-state index in [1.165, 1.54) is 23.5 Å². The van der Waals surface area contributed by atoms with Gasteiger partial charge in [0.15, 0.2) is 6.10 Å². The molecule has 0 bridgehead atoms. The van der Waals surface area contributed by atoms with E-state index >= 15 is 0 Å². The van der Waals surface area contributed by atoms with Gasteiger partial charge >= 0.3 is 0 Å². The third-order valence-electron chi connectivity index (χ3n) is 5.74. The number of hydrogen-bond donors (Lipinski definition) is 1. The largest absolute Gasteiger partial charge is 0.497 e. The van der Waals surface area contributed by atoms with Crippen molar-refractivity contribution in [1.82, 2.24) is 5.32 Å². The number of hydrogen-bond acceptors (Lipinski definition) is 6. The zero-order valence-corrected chi connectivity index (χ0v) is 21.7. The fraction of sp³-hybridized carbons (Fsp3) is 0.269. The van der Waals surface area contributed by atoms with Crippen molar-refractivity contribution in [3.8, 4) is 17.2 Å². The normalized spacial score (nSPS) is 15.0. The first kappa shape index (κ1) is 25.7. The van der Waals surface area contributed by atoms with Crippen LogP contribution >= 0.6 is 11.6 Å². The monoisotopic (exact) mass is 530 g/mol. The number of carbonyl (C=O) groups excluding carboxylic acids is 1. The molecule has 1 aliphatic rings. The minimum atomic E-state index is -3.97. The van der Waals surface area contributed by atoms with E-state index in [4.69, 9.17) is 25.8 Å². The van der Waals surface area contributed by atoms with Crippen molar-refractivity contribution >= 4 is 33.2 Å². The second-order valence-corrected chi connectivity index (χ2v) is 10.6. The summed E-state index contributed by atoms with van der Waals surface area (Å²) in [4.78, 5) is 13.0. The van der Waals surface area contributed by atoms with Gasteiger partial charge in [-0.1, -0.05) is 23.7 Å². The third kappa shape index (κ3) is 5.52. The maximum atomic E-state index is 13.6. The minimum absolute atomic E-state index is 0.0852. The summed E-state index contributed by atoms with van der Waals surface area (Å²) in [5.41, 5.74) is 2.19. The Kier molecular flexibility index (Phi) is 7.61. The number of fused-ring (bicyclic) bond motifs is 1. The van der Waals surface area contributed by atoms with Crippen LogP contribution in [-0.4, -0.2) is 47.2 Å². The number of benzene rings is 3. The molecule has 0 spiro atoms. The highest BCUT2D eigenvalue weighted by Crippen LogP contribution is 2.38. The van der Waals surface area contributed by atoms with Crippen LogP contribution in [0.1, 0.15) is 11.1 Å². The summed E-state index contributed by atoms with van der Waals surface area (Å²) < 4.78 is 45.0. The zero-order valence-electron chi connectivity index (χ0n) is 20.2. The highest BCUT2D eigenvalue weighted by Gasteiger charge is 2.37. The number of amides is 1. The average Bonchev–Trinajstić information content (AvgIpc) is 2.87. The number of nitrogens with zero attached hydrogens (tertiary/aromatic N) is 1. The summed E-state index contributed by atoms with van der Waals surface area (Å²) in [7, 11) is -2.46. The summed E-state index contributed by atoms with van der Waals surface area (Å²) in [6, 6.07) is 16.7. The quantitative estimate of drug-likeness (QED) is 0.440. The molecule has 8 nitrogen and oxygen atoms in total. The van der Waals surface area contributed by atoms with Crippen LogP contribution in [0.4, 0.5) is 5.69 Å². The second kappa shape index (κ2) is 10.7. The van der Waals surface area contributed by atoms with Crippen LogP contribution in [0.25, 0.3) is 0 Å². The molecule has 0 saturated carbocycles. The maximum absolute atomic E-state index is 13.6. The van der Waals surface area contributed by atoms with E-state index < -0.39 is 22.0 Å². The fourth-order valence-corrected chi connectivity index (χ4v) is 5.36. The van der Waals surface area contributed by atoms with Crippen molar-refractivity contribution in [1.29, 1.82) is 0 Å². The number of anilines is 1. The van der Waals surface area contributed by atoms with Gasteiger partial charge in [0.25, 0.3) is 15.9 Å². The van der Waals surface area contributed by atoms with E-state index in [0.717, 1.165) is 11.1 Å². The summed E-state index contributed by atoms with van der Waals surface area (Å²) in [5.74, 6) is 1.01. The van der Waals surface area contributed by atoms with Crippen LogP contribution < -0.4 is 23.8 Å². The molecule has 1 heterocycles. The first-order valence-electron chi connectivity index (χ1n) is 11.3.